The van der Waals surface area contributed by atoms with E-state index >= 15 is 0 Å². The quantitative estimate of drug-likeness (QED) is 0.847. The van der Waals surface area contributed by atoms with Gasteiger partial charge in [-0.3, -0.25) is 4.79 Å². The Morgan fingerprint density at radius 3 is 1.96 bits per heavy atom. The van der Waals surface area contributed by atoms with Crippen molar-refractivity contribution in [3.8, 4) is 0 Å². The van der Waals surface area contributed by atoms with Gasteiger partial charge >= 0.3 is 0 Å². The van der Waals surface area contributed by atoms with E-state index in [1.807, 2.05) is 39.0 Å². The molecule has 4 heteroatoms. The van der Waals surface area contributed by atoms with Crippen LogP contribution in [0.4, 0.5) is 0 Å². The van der Waals surface area contributed by atoms with Crippen molar-refractivity contribution >= 4 is 10.9 Å². The fourth-order valence-corrected chi connectivity index (χ4v) is 2.80. The number of benzene rings is 1. The highest BCUT2D eigenvalue weighted by Gasteiger charge is 2.27. The van der Waals surface area contributed by atoms with Crippen LogP contribution in [-0.2, 0) is 10.8 Å². The van der Waals surface area contributed by atoms with Crippen molar-refractivity contribution in [2.45, 2.75) is 78.7 Å². The van der Waals surface area contributed by atoms with E-state index in [1.54, 1.807) is 4.68 Å². The van der Waals surface area contributed by atoms with Gasteiger partial charge < -0.3 is 5.43 Å². The van der Waals surface area contributed by atoms with Gasteiger partial charge in [0.15, 0.2) is 0 Å². The Morgan fingerprint density at radius 2 is 1.50 bits per heavy atom. The predicted octanol–water partition coefficient (Wildman–Crippen LogP) is 4.33. The summed E-state index contributed by atoms with van der Waals surface area (Å²) in [6, 6.07) is 5.95. The largest absolute Gasteiger partial charge is 0.316 e. The van der Waals surface area contributed by atoms with E-state index in [4.69, 9.17) is 4.98 Å². The van der Waals surface area contributed by atoms with E-state index in [0.29, 0.717) is 5.39 Å². The van der Waals surface area contributed by atoms with E-state index in [0.717, 1.165) is 16.9 Å². The van der Waals surface area contributed by atoms with Gasteiger partial charge in [0.2, 0.25) is 0 Å². The van der Waals surface area contributed by atoms with Crippen molar-refractivity contribution in [1.29, 1.82) is 0 Å². The molecule has 0 bridgehead atoms. The first-order chi connectivity index (χ1) is 10.7. The Hall–Kier alpha value is -1.84. The van der Waals surface area contributed by atoms with Gasteiger partial charge in [-0.15, -0.1) is 0 Å². The van der Waals surface area contributed by atoms with Crippen LogP contribution < -0.4 is 11.0 Å². The van der Waals surface area contributed by atoms with Crippen LogP contribution >= 0.6 is 0 Å². The van der Waals surface area contributed by atoms with Gasteiger partial charge in [0.05, 0.1) is 10.9 Å². The molecule has 24 heavy (non-hydrogen) atoms. The summed E-state index contributed by atoms with van der Waals surface area (Å²) >= 11 is 0. The molecule has 1 aromatic heterocycles. The van der Waals surface area contributed by atoms with Crippen LogP contribution in [0.2, 0.25) is 0 Å². The second-order valence-corrected chi connectivity index (χ2v) is 9.64. The van der Waals surface area contributed by atoms with E-state index in [1.165, 1.54) is 0 Å². The van der Waals surface area contributed by atoms with Crippen molar-refractivity contribution in [3.63, 3.8) is 0 Å². The molecule has 132 valence electrons. The summed E-state index contributed by atoms with van der Waals surface area (Å²) in [7, 11) is 0. The molecular weight excluding hydrogens is 298 g/mol. The molecule has 2 aromatic rings. The van der Waals surface area contributed by atoms with Crippen molar-refractivity contribution in [2.75, 3.05) is 5.43 Å². The summed E-state index contributed by atoms with van der Waals surface area (Å²) in [4.78, 5) is 18.3. The van der Waals surface area contributed by atoms with Crippen LogP contribution in [0, 0.1) is 0 Å². The number of fused-ring (bicyclic) bond motifs is 1. The van der Waals surface area contributed by atoms with Gasteiger partial charge in [0.25, 0.3) is 5.56 Å². The average molecular weight is 329 g/mol. The van der Waals surface area contributed by atoms with Gasteiger partial charge in [-0.1, -0.05) is 53.7 Å². The minimum atomic E-state index is -0.247. The van der Waals surface area contributed by atoms with Gasteiger partial charge in [-0.25, -0.2) is 9.66 Å². The SMILES string of the molecule is CC(C)(C)Nn1c(C(C)(C)C)nc2cccc(C(C)(C)C)c2c1=O. The molecule has 1 heterocycles. The van der Waals surface area contributed by atoms with E-state index in [9.17, 15) is 4.79 Å². The number of aromatic nitrogens is 2. The van der Waals surface area contributed by atoms with Crippen LogP contribution in [0.15, 0.2) is 23.0 Å². The first-order valence-electron chi connectivity index (χ1n) is 8.57. The lowest BCUT2D eigenvalue weighted by Gasteiger charge is -2.30. The monoisotopic (exact) mass is 329 g/mol. The van der Waals surface area contributed by atoms with Crippen LogP contribution in [0.25, 0.3) is 10.9 Å². The third kappa shape index (κ3) is 3.63. The zero-order valence-corrected chi connectivity index (χ0v) is 16.5. The van der Waals surface area contributed by atoms with Crippen LogP contribution in [-0.4, -0.2) is 15.2 Å². The van der Waals surface area contributed by atoms with Gasteiger partial charge in [0, 0.05) is 11.0 Å². The molecule has 2 rings (SSSR count). The van der Waals surface area contributed by atoms with Crippen LogP contribution in [0.3, 0.4) is 0 Å². The Labute approximate surface area is 145 Å². The van der Waals surface area contributed by atoms with Crippen LogP contribution in [0.5, 0.6) is 0 Å². The maximum Gasteiger partial charge on any atom is 0.280 e. The van der Waals surface area contributed by atoms with Gasteiger partial charge in [-0.05, 0) is 37.8 Å². The Kier molecular flexibility index (Phi) is 4.32. The second kappa shape index (κ2) is 5.61. The number of hydrogen-bond donors (Lipinski definition) is 1. The molecule has 0 saturated carbocycles. The molecular formula is C20H31N3O. The standard InChI is InChI=1S/C20H31N3O/c1-18(2,3)13-11-10-12-14-15(13)16(24)23(22-20(7,8)9)17(21-14)19(4,5)6/h10-12,22H,1-9H3. The highest BCUT2D eigenvalue weighted by molar-refractivity contribution is 5.82. The zero-order valence-electron chi connectivity index (χ0n) is 16.5. The van der Waals surface area contributed by atoms with Crippen molar-refractivity contribution in [3.05, 3.63) is 39.9 Å². The molecule has 0 spiro atoms. The van der Waals surface area contributed by atoms with Crippen LogP contribution in [0.1, 0.15) is 73.7 Å². The highest BCUT2D eigenvalue weighted by Crippen LogP contribution is 2.29. The van der Waals surface area contributed by atoms with E-state index in [2.05, 4.69) is 47.0 Å². The molecule has 0 unspecified atom stereocenters. The Morgan fingerprint density at radius 1 is 0.917 bits per heavy atom. The minimum absolute atomic E-state index is 0.0228. The fourth-order valence-electron chi connectivity index (χ4n) is 2.80. The normalized spacial score (nSPS) is 13.4. The summed E-state index contributed by atoms with van der Waals surface area (Å²) in [6.45, 7) is 18.8. The number of rotatable bonds is 1. The molecule has 0 amide bonds. The van der Waals surface area contributed by atoms with E-state index in [-0.39, 0.29) is 21.9 Å². The lowest BCUT2D eigenvalue weighted by atomic mass is 9.84. The first kappa shape index (κ1) is 18.5. The van der Waals surface area contributed by atoms with E-state index < -0.39 is 0 Å². The average Bonchev–Trinajstić information content (AvgIpc) is 2.37. The third-order valence-corrected chi connectivity index (χ3v) is 3.82. The highest BCUT2D eigenvalue weighted by atomic mass is 16.1. The van der Waals surface area contributed by atoms with Crippen molar-refractivity contribution in [2.24, 2.45) is 0 Å². The molecule has 1 aromatic carbocycles. The Bertz CT molecular complexity index is 812. The summed E-state index contributed by atoms with van der Waals surface area (Å²) in [5, 5.41) is 0.703. The lowest BCUT2D eigenvalue weighted by Crippen LogP contribution is -2.45. The minimum Gasteiger partial charge on any atom is -0.316 e. The molecule has 0 radical (unpaired) electrons. The Balaban J connectivity index is 2.96. The maximum absolute atomic E-state index is 13.4. The molecule has 0 aliphatic carbocycles. The number of nitrogens with one attached hydrogen (secondary N) is 1. The summed E-state index contributed by atoms with van der Waals surface area (Å²) < 4.78 is 1.65. The molecule has 4 nitrogen and oxygen atoms in total. The third-order valence-electron chi connectivity index (χ3n) is 3.82. The topological polar surface area (TPSA) is 46.9 Å². The summed E-state index contributed by atoms with van der Waals surface area (Å²) in [5.74, 6) is 0.751. The second-order valence-electron chi connectivity index (χ2n) is 9.64. The van der Waals surface area contributed by atoms with Crippen molar-refractivity contribution in [1.82, 2.24) is 9.66 Å². The summed E-state index contributed by atoms with van der Waals surface area (Å²) in [6.07, 6.45) is 0. The number of nitrogens with zero attached hydrogens (tertiary/aromatic N) is 2. The summed E-state index contributed by atoms with van der Waals surface area (Å²) in [5.41, 5.74) is 4.50. The molecule has 0 aliphatic rings. The van der Waals surface area contributed by atoms with Crippen molar-refractivity contribution < 1.29 is 0 Å². The molecule has 1 N–H and O–H groups in total. The van der Waals surface area contributed by atoms with Gasteiger partial charge in [-0.2, -0.15) is 0 Å². The smallest absolute Gasteiger partial charge is 0.280 e. The molecule has 0 atom stereocenters. The zero-order chi connectivity index (χ0) is 18.5. The number of hydrogen-bond acceptors (Lipinski definition) is 3. The van der Waals surface area contributed by atoms with Gasteiger partial charge in [0.1, 0.15) is 5.82 Å². The molecule has 0 saturated heterocycles. The molecule has 0 aliphatic heterocycles. The predicted molar refractivity (Wildman–Crippen MR) is 103 cm³/mol. The fraction of sp³-hybridized carbons (Fsp3) is 0.600. The first-order valence-corrected chi connectivity index (χ1v) is 8.57. The lowest BCUT2D eigenvalue weighted by molar-refractivity contribution is 0.468. The molecule has 0 fully saturated rings. The maximum atomic E-state index is 13.4.